The lowest BCUT2D eigenvalue weighted by atomic mass is 10.1. The number of hydrogen-bond acceptors (Lipinski definition) is 5. The number of hydrogen-bond donors (Lipinski definition) is 1. The summed E-state index contributed by atoms with van der Waals surface area (Å²) in [7, 11) is 1.86. The first-order valence-electron chi connectivity index (χ1n) is 7.05. The first-order chi connectivity index (χ1) is 10.0. The lowest BCUT2D eigenvalue weighted by molar-refractivity contribution is -0.145. The fourth-order valence-corrected chi connectivity index (χ4v) is 2.80. The van der Waals surface area contributed by atoms with Crippen LogP contribution in [0, 0.1) is 6.92 Å². The monoisotopic (exact) mass is 289 g/mol. The van der Waals surface area contributed by atoms with Crippen molar-refractivity contribution in [2.75, 3.05) is 26.7 Å². The molecule has 0 bridgehead atoms. The number of nitrogens with zero attached hydrogens (tertiary/aromatic N) is 3. The minimum Gasteiger partial charge on any atom is -0.480 e. The van der Waals surface area contributed by atoms with Crippen LogP contribution in [0.5, 0.6) is 0 Å². The van der Waals surface area contributed by atoms with E-state index in [4.69, 9.17) is 4.52 Å². The second-order valence-corrected chi connectivity index (χ2v) is 5.67. The third-order valence-electron chi connectivity index (χ3n) is 4.14. The smallest absolute Gasteiger partial charge is 0.322 e. The second kappa shape index (κ2) is 5.46. The Bertz CT molecular complexity index is 667. The predicted molar refractivity (Wildman–Crippen MR) is 78.1 cm³/mol. The van der Waals surface area contributed by atoms with Crippen molar-refractivity contribution in [3.63, 3.8) is 0 Å². The van der Waals surface area contributed by atoms with Crippen LogP contribution in [0.25, 0.3) is 11.0 Å². The van der Waals surface area contributed by atoms with Crippen LogP contribution in [0.4, 0.5) is 0 Å². The summed E-state index contributed by atoms with van der Waals surface area (Å²) in [6.07, 6.45) is 0. The summed E-state index contributed by atoms with van der Waals surface area (Å²) in [5, 5.41) is 14.2. The normalized spacial score (nSPS) is 21.0. The molecule has 0 aliphatic carbocycles. The Labute approximate surface area is 122 Å². The molecule has 1 atom stereocenters. The summed E-state index contributed by atoms with van der Waals surface area (Å²) >= 11 is 0. The van der Waals surface area contributed by atoms with E-state index in [0.29, 0.717) is 6.54 Å². The predicted octanol–water partition coefficient (Wildman–Crippen LogP) is 1.34. The van der Waals surface area contributed by atoms with Crippen molar-refractivity contribution < 1.29 is 14.4 Å². The third-order valence-corrected chi connectivity index (χ3v) is 4.14. The van der Waals surface area contributed by atoms with Crippen LogP contribution in [0.2, 0.25) is 0 Å². The highest BCUT2D eigenvalue weighted by Gasteiger charge is 2.29. The van der Waals surface area contributed by atoms with Crippen molar-refractivity contribution in [1.29, 1.82) is 0 Å². The quantitative estimate of drug-likeness (QED) is 0.919. The lowest BCUT2D eigenvalue weighted by Crippen LogP contribution is -2.54. The van der Waals surface area contributed by atoms with Gasteiger partial charge >= 0.3 is 5.97 Å². The molecule has 21 heavy (non-hydrogen) atoms. The van der Waals surface area contributed by atoms with Crippen LogP contribution in [0.15, 0.2) is 22.7 Å². The Kier molecular flexibility index (Phi) is 3.65. The molecule has 2 heterocycles. The van der Waals surface area contributed by atoms with Gasteiger partial charge < -0.3 is 9.63 Å². The van der Waals surface area contributed by atoms with Gasteiger partial charge in [-0.15, -0.1) is 0 Å². The largest absolute Gasteiger partial charge is 0.480 e. The molecule has 1 aromatic heterocycles. The fraction of sp³-hybridized carbons (Fsp3) is 0.467. The zero-order chi connectivity index (χ0) is 15.0. The molecule has 1 fully saturated rings. The Balaban J connectivity index is 1.75. The molecule has 0 amide bonds. The van der Waals surface area contributed by atoms with E-state index in [9.17, 15) is 9.90 Å². The van der Waals surface area contributed by atoms with E-state index >= 15 is 0 Å². The number of benzene rings is 1. The summed E-state index contributed by atoms with van der Waals surface area (Å²) in [4.78, 5) is 15.3. The zero-order valence-corrected chi connectivity index (χ0v) is 12.2. The molecular formula is C15H19N3O3. The fourth-order valence-electron chi connectivity index (χ4n) is 2.80. The highest BCUT2D eigenvalue weighted by Crippen LogP contribution is 2.21. The number of carboxylic acids is 1. The summed E-state index contributed by atoms with van der Waals surface area (Å²) in [5.41, 5.74) is 2.83. The van der Waals surface area contributed by atoms with E-state index in [0.717, 1.165) is 41.9 Å². The van der Waals surface area contributed by atoms with Crippen LogP contribution < -0.4 is 0 Å². The maximum atomic E-state index is 11.3. The lowest BCUT2D eigenvalue weighted by Gasteiger charge is -2.37. The highest BCUT2D eigenvalue weighted by molar-refractivity contribution is 5.79. The maximum Gasteiger partial charge on any atom is 0.322 e. The second-order valence-electron chi connectivity index (χ2n) is 5.67. The number of likely N-dealkylation sites (N-methyl/N-ethyl adjacent to an activating group) is 1. The number of carboxylic acid groups (broad SMARTS) is 1. The molecule has 6 heteroatoms. The van der Waals surface area contributed by atoms with Crippen molar-refractivity contribution in [1.82, 2.24) is 15.0 Å². The molecule has 1 N–H and O–H groups in total. The van der Waals surface area contributed by atoms with Crippen molar-refractivity contribution in [2.45, 2.75) is 19.5 Å². The standard InChI is InChI=1S/C15H19N3O3/c1-10-12-7-11(3-4-14(12)21-16-10)8-18-6-5-17(2)13(9-18)15(19)20/h3-4,7,13H,5-6,8-9H2,1-2H3,(H,19,20)/t13-/m1/s1. The van der Waals surface area contributed by atoms with Crippen LogP contribution in [0.1, 0.15) is 11.3 Å². The average molecular weight is 289 g/mol. The van der Waals surface area contributed by atoms with Gasteiger partial charge in [0, 0.05) is 31.6 Å². The Morgan fingerprint density at radius 3 is 3.05 bits per heavy atom. The van der Waals surface area contributed by atoms with Gasteiger partial charge in [0.05, 0.1) is 5.69 Å². The summed E-state index contributed by atoms with van der Waals surface area (Å²) in [5.74, 6) is -0.757. The van der Waals surface area contributed by atoms with Gasteiger partial charge in [0.25, 0.3) is 0 Å². The molecule has 1 aromatic carbocycles. The number of aryl methyl sites for hydroxylation is 1. The number of rotatable bonds is 3. The first kappa shape index (κ1) is 14.0. The highest BCUT2D eigenvalue weighted by atomic mass is 16.5. The zero-order valence-electron chi connectivity index (χ0n) is 12.2. The number of piperazine rings is 1. The van der Waals surface area contributed by atoms with E-state index in [1.165, 1.54) is 0 Å². The minimum atomic E-state index is -0.757. The van der Waals surface area contributed by atoms with Crippen LogP contribution in [0.3, 0.4) is 0 Å². The topological polar surface area (TPSA) is 69.8 Å². The Morgan fingerprint density at radius 2 is 2.29 bits per heavy atom. The molecule has 1 saturated heterocycles. The van der Waals surface area contributed by atoms with Gasteiger partial charge in [-0.25, -0.2) is 0 Å². The molecular weight excluding hydrogens is 270 g/mol. The molecule has 3 rings (SSSR count). The molecule has 0 spiro atoms. The van der Waals surface area contributed by atoms with Gasteiger partial charge in [-0.3, -0.25) is 14.6 Å². The van der Waals surface area contributed by atoms with E-state index in [1.807, 2.05) is 31.0 Å². The van der Waals surface area contributed by atoms with Crippen molar-refractivity contribution in [3.8, 4) is 0 Å². The van der Waals surface area contributed by atoms with Crippen molar-refractivity contribution in [2.24, 2.45) is 0 Å². The summed E-state index contributed by atoms with van der Waals surface area (Å²) in [6, 6.07) is 5.59. The van der Waals surface area contributed by atoms with Crippen LogP contribution in [-0.4, -0.2) is 58.8 Å². The molecule has 6 nitrogen and oxygen atoms in total. The number of aliphatic carboxylic acids is 1. The van der Waals surface area contributed by atoms with Crippen molar-refractivity contribution >= 4 is 16.9 Å². The Hall–Kier alpha value is -1.92. The average Bonchev–Trinajstić information content (AvgIpc) is 2.82. The number of carbonyl (C=O) groups is 1. The minimum absolute atomic E-state index is 0.431. The third kappa shape index (κ3) is 2.77. The SMILES string of the molecule is Cc1noc2ccc(CN3CCN(C)[C@@H](C(=O)O)C3)cc12. The molecule has 1 aliphatic rings. The van der Waals surface area contributed by atoms with Crippen LogP contribution in [-0.2, 0) is 11.3 Å². The molecule has 1 aliphatic heterocycles. The van der Waals surface area contributed by atoms with Gasteiger partial charge in [0.2, 0.25) is 0 Å². The van der Waals surface area contributed by atoms with Gasteiger partial charge in [0.15, 0.2) is 5.58 Å². The number of fused-ring (bicyclic) bond motifs is 1. The van der Waals surface area contributed by atoms with Gasteiger partial charge in [-0.2, -0.15) is 0 Å². The maximum absolute atomic E-state index is 11.3. The van der Waals surface area contributed by atoms with Gasteiger partial charge in [-0.1, -0.05) is 11.2 Å². The van der Waals surface area contributed by atoms with Crippen molar-refractivity contribution in [3.05, 3.63) is 29.5 Å². The molecule has 0 unspecified atom stereocenters. The first-order valence-corrected chi connectivity index (χ1v) is 7.05. The summed E-state index contributed by atoms with van der Waals surface area (Å²) in [6.45, 7) is 4.86. The van der Waals surface area contributed by atoms with E-state index in [2.05, 4.69) is 16.1 Å². The summed E-state index contributed by atoms with van der Waals surface area (Å²) < 4.78 is 5.21. The van der Waals surface area contributed by atoms with E-state index in [1.54, 1.807) is 0 Å². The Morgan fingerprint density at radius 1 is 1.48 bits per heavy atom. The van der Waals surface area contributed by atoms with E-state index < -0.39 is 12.0 Å². The number of aromatic nitrogens is 1. The molecule has 0 saturated carbocycles. The van der Waals surface area contributed by atoms with Crippen LogP contribution >= 0.6 is 0 Å². The van der Waals surface area contributed by atoms with Gasteiger partial charge in [0.1, 0.15) is 6.04 Å². The molecule has 2 aromatic rings. The molecule has 112 valence electrons. The van der Waals surface area contributed by atoms with Gasteiger partial charge in [-0.05, 0) is 31.7 Å². The van der Waals surface area contributed by atoms with E-state index in [-0.39, 0.29) is 0 Å². The molecule has 0 radical (unpaired) electrons.